The van der Waals surface area contributed by atoms with E-state index >= 15 is 0 Å². The van der Waals surface area contributed by atoms with Gasteiger partial charge < -0.3 is 11.1 Å². The first-order valence-electron chi connectivity index (χ1n) is 5.65. The van der Waals surface area contributed by atoms with Crippen LogP contribution in [0.4, 0.5) is 5.69 Å². The summed E-state index contributed by atoms with van der Waals surface area (Å²) >= 11 is 5.86. The lowest BCUT2D eigenvalue weighted by Gasteiger charge is -2.06. The van der Waals surface area contributed by atoms with E-state index in [0.29, 0.717) is 12.2 Å². The molecule has 7 heteroatoms. The molecule has 19 heavy (non-hydrogen) atoms. The fourth-order valence-corrected chi connectivity index (χ4v) is 1.91. The molecule has 0 aromatic carbocycles. The van der Waals surface area contributed by atoms with Crippen LogP contribution in [0, 0.1) is 6.92 Å². The molecule has 0 unspecified atom stereocenters. The van der Waals surface area contributed by atoms with Gasteiger partial charge in [0.25, 0.3) is 5.91 Å². The summed E-state index contributed by atoms with van der Waals surface area (Å²) in [4.78, 5) is 15.8. The molecule has 0 aliphatic carbocycles. The van der Waals surface area contributed by atoms with E-state index in [0.717, 1.165) is 11.3 Å². The minimum Gasteiger partial charge on any atom is -0.397 e. The lowest BCUT2D eigenvalue weighted by atomic mass is 10.2. The number of carbonyl (C=O) groups is 1. The minimum absolute atomic E-state index is 0.134. The van der Waals surface area contributed by atoms with Crippen molar-refractivity contribution in [3.8, 4) is 0 Å². The number of nitrogen functional groups attached to an aromatic ring is 1. The third kappa shape index (κ3) is 3.03. The maximum atomic E-state index is 12.0. The number of hydrogen-bond acceptors (Lipinski definition) is 4. The minimum atomic E-state index is -0.312. The molecule has 2 aromatic rings. The number of aromatic nitrogens is 3. The van der Waals surface area contributed by atoms with Gasteiger partial charge in [-0.3, -0.25) is 9.48 Å². The molecule has 0 spiro atoms. The molecule has 0 bridgehead atoms. The largest absolute Gasteiger partial charge is 0.397 e. The van der Waals surface area contributed by atoms with Crippen LogP contribution in [-0.2, 0) is 13.6 Å². The maximum absolute atomic E-state index is 12.0. The van der Waals surface area contributed by atoms with E-state index in [1.54, 1.807) is 4.68 Å². The molecule has 2 heterocycles. The van der Waals surface area contributed by atoms with Crippen LogP contribution in [0.5, 0.6) is 0 Å². The Labute approximate surface area is 115 Å². The summed E-state index contributed by atoms with van der Waals surface area (Å²) in [5, 5.41) is 7.10. The van der Waals surface area contributed by atoms with Crippen molar-refractivity contribution in [3.05, 3.63) is 40.4 Å². The summed E-state index contributed by atoms with van der Waals surface area (Å²) < 4.78 is 1.70. The highest BCUT2D eigenvalue weighted by Gasteiger charge is 2.12. The number of hydrogen-bond donors (Lipinski definition) is 2. The highest BCUT2D eigenvalue weighted by atomic mass is 35.5. The van der Waals surface area contributed by atoms with E-state index in [2.05, 4.69) is 15.4 Å². The van der Waals surface area contributed by atoms with Crippen LogP contribution in [-0.4, -0.2) is 20.7 Å². The van der Waals surface area contributed by atoms with Gasteiger partial charge in [-0.2, -0.15) is 5.10 Å². The average Bonchev–Trinajstić information content (AvgIpc) is 2.68. The first-order chi connectivity index (χ1) is 8.97. The van der Waals surface area contributed by atoms with Crippen molar-refractivity contribution in [2.24, 2.45) is 7.05 Å². The Hall–Kier alpha value is -2.08. The number of nitrogens with zero attached hydrogens (tertiary/aromatic N) is 3. The second-order valence-corrected chi connectivity index (χ2v) is 4.56. The van der Waals surface area contributed by atoms with E-state index in [1.807, 2.05) is 20.2 Å². The molecule has 0 atom stereocenters. The Kier molecular flexibility index (Phi) is 3.71. The maximum Gasteiger partial charge on any atom is 0.254 e. The van der Waals surface area contributed by atoms with Crippen molar-refractivity contribution < 1.29 is 4.79 Å². The van der Waals surface area contributed by atoms with Gasteiger partial charge in [0, 0.05) is 25.4 Å². The van der Waals surface area contributed by atoms with Crippen molar-refractivity contribution in [2.75, 3.05) is 5.73 Å². The zero-order valence-corrected chi connectivity index (χ0v) is 11.4. The number of anilines is 1. The number of carbonyl (C=O) groups excluding carboxylic acids is 1. The van der Waals surface area contributed by atoms with Gasteiger partial charge in [0.15, 0.2) is 0 Å². The Morgan fingerprint density at radius 3 is 2.95 bits per heavy atom. The van der Waals surface area contributed by atoms with Crippen LogP contribution in [0.2, 0.25) is 5.15 Å². The summed E-state index contributed by atoms with van der Waals surface area (Å²) in [7, 11) is 1.83. The number of rotatable bonds is 3. The number of nitrogens with two attached hydrogens (primary N) is 1. The highest BCUT2D eigenvalue weighted by Crippen LogP contribution is 2.15. The van der Waals surface area contributed by atoms with Crippen molar-refractivity contribution in [3.63, 3.8) is 0 Å². The quantitative estimate of drug-likeness (QED) is 0.829. The van der Waals surface area contributed by atoms with Gasteiger partial charge in [-0.15, -0.1) is 0 Å². The summed E-state index contributed by atoms with van der Waals surface area (Å²) in [6.45, 7) is 2.26. The van der Waals surface area contributed by atoms with E-state index in [4.69, 9.17) is 17.3 Å². The smallest absolute Gasteiger partial charge is 0.254 e. The van der Waals surface area contributed by atoms with Crippen molar-refractivity contribution >= 4 is 23.2 Å². The molecule has 0 fully saturated rings. The van der Waals surface area contributed by atoms with Crippen molar-refractivity contribution in [2.45, 2.75) is 13.5 Å². The third-order valence-corrected chi connectivity index (χ3v) is 2.96. The average molecular weight is 280 g/mol. The van der Waals surface area contributed by atoms with Gasteiger partial charge in [-0.25, -0.2) is 4.98 Å². The summed E-state index contributed by atoms with van der Waals surface area (Å²) in [5.41, 5.74) is 8.07. The standard InChI is InChI=1S/C12H14ClN5O/c1-7-8(6-18(2)17-7)4-16-12(19)10-3-9(14)5-15-11(10)13/h3,5-6H,4,14H2,1-2H3,(H,16,19). The molecule has 0 radical (unpaired) electrons. The van der Waals surface area contributed by atoms with Gasteiger partial charge in [-0.1, -0.05) is 11.6 Å². The normalized spacial score (nSPS) is 10.5. The van der Waals surface area contributed by atoms with Crippen molar-refractivity contribution in [1.82, 2.24) is 20.1 Å². The van der Waals surface area contributed by atoms with Gasteiger partial charge in [0.05, 0.1) is 23.1 Å². The molecule has 0 saturated heterocycles. The van der Waals surface area contributed by atoms with Crippen LogP contribution >= 0.6 is 11.6 Å². The topological polar surface area (TPSA) is 85.8 Å². The zero-order valence-electron chi connectivity index (χ0n) is 10.6. The Balaban J connectivity index is 2.09. The number of nitrogens with one attached hydrogen (secondary N) is 1. The Bertz CT molecular complexity index is 623. The van der Waals surface area contributed by atoms with Crippen LogP contribution in [0.25, 0.3) is 0 Å². The van der Waals surface area contributed by atoms with Crippen LogP contribution in [0.1, 0.15) is 21.6 Å². The van der Waals surface area contributed by atoms with Gasteiger partial charge in [0.1, 0.15) is 5.15 Å². The fraction of sp³-hybridized carbons (Fsp3) is 0.250. The van der Waals surface area contributed by atoms with Gasteiger partial charge >= 0.3 is 0 Å². The number of aryl methyl sites for hydroxylation is 2. The molecule has 0 aliphatic rings. The molecular weight excluding hydrogens is 266 g/mol. The Morgan fingerprint density at radius 1 is 1.58 bits per heavy atom. The molecule has 0 aliphatic heterocycles. The summed E-state index contributed by atoms with van der Waals surface area (Å²) in [6.07, 6.45) is 3.26. The lowest BCUT2D eigenvalue weighted by molar-refractivity contribution is 0.0950. The van der Waals surface area contributed by atoms with E-state index < -0.39 is 0 Å². The molecule has 3 N–H and O–H groups in total. The van der Waals surface area contributed by atoms with Crippen molar-refractivity contribution in [1.29, 1.82) is 0 Å². The SMILES string of the molecule is Cc1nn(C)cc1CNC(=O)c1cc(N)cnc1Cl. The van der Waals surface area contributed by atoms with Crippen LogP contribution in [0.15, 0.2) is 18.5 Å². The summed E-state index contributed by atoms with van der Waals surface area (Å²) in [5.74, 6) is -0.312. The van der Waals surface area contributed by atoms with Crippen LogP contribution in [0.3, 0.4) is 0 Å². The summed E-state index contributed by atoms with van der Waals surface area (Å²) in [6, 6.07) is 1.50. The first kappa shape index (κ1) is 13.4. The third-order valence-electron chi connectivity index (χ3n) is 2.66. The van der Waals surface area contributed by atoms with Gasteiger partial charge in [-0.05, 0) is 13.0 Å². The van der Waals surface area contributed by atoms with Crippen LogP contribution < -0.4 is 11.1 Å². The molecule has 1 amide bonds. The molecule has 2 rings (SSSR count). The monoisotopic (exact) mass is 279 g/mol. The predicted octanol–water partition coefficient (Wildman–Crippen LogP) is 1.29. The Morgan fingerprint density at radius 2 is 2.32 bits per heavy atom. The molecule has 100 valence electrons. The van der Waals surface area contributed by atoms with E-state index in [1.165, 1.54) is 12.3 Å². The lowest BCUT2D eigenvalue weighted by Crippen LogP contribution is -2.23. The number of halogens is 1. The molecule has 6 nitrogen and oxygen atoms in total. The molecule has 0 saturated carbocycles. The van der Waals surface area contributed by atoms with E-state index in [-0.39, 0.29) is 16.6 Å². The second-order valence-electron chi connectivity index (χ2n) is 4.20. The highest BCUT2D eigenvalue weighted by molar-refractivity contribution is 6.32. The molecular formula is C12H14ClN5O. The second kappa shape index (κ2) is 5.27. The predicted molar refractivity (Wildman–Crippen MR) is 72.8 cm³/mol. The zero-order chi connectivity index (χ0) is 14.0. The number of pyridine rings is 1. The first-order valence-corrected chi connectivity index (χ1v) is 6.03. The van der Waals surface area contributed by atoms with E-state index in [9.17, 15) is 4.79 Å². The molecule has 2 aromatic heterocycles. The fourth-order valence-electron chi connectivity index (χ4n) is 1.72. The van der Waals surface area contributed by atoms with Gasteiger partial charge in [0.2, 0.25) is 0 Å². The number of amides is 1.